The van der Waals surface area contributed by atoms with Crippen LogP contribution >= 0.6 is 18.6 Å². The van der Waals surface area contributed by atoms with Crippen LogP contribution in [0.3, 0.4) is 0 Å². The number of halogens is 2. The van der Waals surface area contributed by atoms with Crippen LogP contribution in [0.2, 0.25) is 18.6 Å². The van der Waals surface area contributed by atoms with E-state index in [2.05, 4.69) is 84.6 Å². The van der Waals surface area contributed by atoms with Gasteiger partial charge in [0.25, 0.3) is 0 Å². The third-order valence-corrected chi connectivity index (χ3v) is 11.6. The normalized spacial score (nSPS) is 28.3. The van der Waals surface area contributed by atoms with Crippen molar-refractivity contribution in [2.75, 3.05) is 20.0 Å². The molecule has 4 rings (SSSR count). The van der Waals surface area contributed by atoms with E-state index in [1.54, 1.807) is 5.57 Å². The van der Waals surface area contributed by atoms with Crippen LogP contribution in [0.4, 0.5) is 0 Å². The van der Waals surface area contributed by atoms with Crippen LogP contribution in [0.5, 0.6) is 0 Å². The summed E-state index contributed by atoms with van der Waals surface area (Å²) in [6.07, 6.45) is 9.84. The van der Waals surface area contributed by atoms with E-state index in [-0.39, 0.29) is 7.43 Å². The standard InChI is InChI=1S/C23H33N3Si.CH3.2ClH.Ti/c1-5-18-13-22-20(19-11-9-17(2)10-12-19)7-6-8-21(22)23(18)27(3,4)26-15-24-14-25-16-26;;;;/h6-12,18,21-23H,5,13-16H2,1-4H3;1H3;2*1H;/q-2;-1;;;+6/p-2. The summed E-state index contributed by atoms with van der Waals surface area (Å²) < 4.78 is 2.63. The molecule has 0 bridgehead atoms. The van der Waals surface area contributed by atoms with Gasteiger partial charge in [0.1, 0.15) is 8.24 Å². The van der Waals surface area contributed by atoms with Crippen LogP contribution in [-0.4, -0.2) is 32.8 Å². The first kappa shape index (κ1) is 27.3. The number of hydrogen-bond acceptors (Lipinski definition) is 1. The Labute approximate surface area is 207 Å². The molecule has 0 radical (unpaired) electrons. The molecule has 1 saturated carbocycles. The molecule has 31 heavy (non-hydrogen) atoms. The maximum absolute atomic E-state index is 4.89. The average Bonchev–Trinajstić information content (AvgIpc) is 3.15. The molecule has 2 aliphatic carbocycles. The van der Waals surface area contributed by atoms with Crippen molar-refractivity contribution in [3.63, 3.8) is 0 Å². The minimum atomic E-state index is -1.63. The zero-order valence-electron chi connectivity index (χ0n) is 19.5. The second kappa shape index (κ2) is 12.5. The molecule has 3 aliphatic rings. The van der Waals surface area contributed by atoms with Gasteiger partial charge in [-0.1, -0.05) is 74.5 Å². The molecule has 0 amide bonds. The minimum absolute atomic E-state index is 0. The SMILES string of the molecule is CCC1CC2C(c3ccc(C)cc3)=CC=CC2C1[Si](C)(C)N1C[N-]C[N-]C1.[CH3-].[Cl][Ti+4][Cl]. The second-order valence-corrected chi connectivity index (χ2v) is 16.3. The van der Waals surface area contributed by atoms with Crippen molar-refractivity contribution in [3.8, 4) is 0 Å². The fourth-order valence-corrected chi connectivity index (χ4v) is 9.90. The molecule has 168 valence electrons. The number of hydrogen-bond donors (Lipinski definition) is 0. The van der Waals surface area contributed by atoms with Gasteiger partial charge in [-0.2, -0.15) is 0 Å². The van der Waals surface area contributed by atoms with Crippen LogP contribution < -0.4 is 0 Å². The van der Waals surface area contributed by atoms with Gasteiger partial charge in [-0.15, -0.1) is 13.3 Å². The number of benzene rings is 1. The molecular weight excluding hydrogens is 477 g/mol. The van der Waals surface area contributed by atoms with Gasteiger partial charge in [0.05, 0.1) is 0 Å². The van der Waals surface area contributed by atoms with Gasteiger partial charge in [0.2, 0.25) is 0 Å². The Balaban J connectivity index is 0.000000808. The van der Waals surface area contributed by atoms with Gasteiger partial charge in [-0.05, 0) is 47.8 Å². The van der Waals surface area contributed by atoms with Gasteiger partial charge in [0, 0.05) is 0 Å². The zero-order chi connectivity index (χ0) is 21.7. The molecule has 1 heterocycles. The van der Waals surface area contributed by atoms with E-state index in [4.69, 9.17) is 18.6 Å². The molecule has 0 spiro atoms. The number of fused-ring (bicyclic) bond motifs is 1. The molecule has 1 aliphatic heterocycles. The van der Waals surface area contributed by atoms with Gasteiger partial charge in [-0.25, -0.2) is 0 Å². The molecule has 3 nitrogen and oxygen atoms in total. The van der Waals surface area contributed by atoms with Gasteiger partial charge >= 0.3 is 35.6 Å². The van der Waals surface area contributed by atoms with Crippen molar-refractivity contribution < 1.29 is 17.0 Å². The number of aryl methyl sites for hydroxylation is 1. The van der Waals surface area contributed by atoms with Gasteiger partial charge in [-0.3, -0.25) is 6.67 Å². The third kappa shape index (κ3) is 6.16. The zero-order valence-corrected chi connectivity index (χ0v) is 23.6. The van der Waals surface area contributed by atoms with E-state index in [0.29, 0.717) is 18.5 Å². The number of allylic oxidation sites excluding steroid dienone is 4. The van der Waals surface area contributed by atoms with Crippen LogP contribution in [0.1, 0.15) is 30.9 Å². The summed E-state index contributed by atoms with van der Waals surface area (Å²) in [6.45, 7) is 12.2. The van der Waals surface area contributed by atoms with Crippen LogP contribution in [-0.2, 0) is 17.0 Å². The van der Waals surface area contributed by atoms with Crippen LogP contribution in [0.15, 0.2) is 42.5 Å². The molecule has 2 fully saturated rings. The molecule has 1 aromatic carbocycles. The number of rotatable bonds is 4. The van der Waals surface area contributed by atoms with E-state index in [1.165, 1.54) is 24.0 Å². The third-order valence-electron chi connectivity index (χ3n) is 7.23. The second-order valence-electron chi connectivity index (χ2n) is 9.12. The summed E-state index contributed by atoms with van der Waals surface area (Å²) in [5.74, 6) is 2.14. The molecular formula is C24H36Cl2N3SiTi+. The van der Waals surface area contributed by atoms with Gasteiger partial charge < -0.3 is 22.6 Å². The first-order valence-corrected chi connectivity index (χ1v) is 18.2. The Morgan fingerprint density at radius 3 is 2.32 bits per heavy atom. The molecule has 1 saturated heterocycles. The van der Waals surface area contributed by atoms with Crippen molar-refractivity contribution in [2.24, 2.45) is 17.8 Å². The molecule has 4 atom stereocenters. The van der Waals surface area contributed by atoms with Crippen molar-refractivity contribution >= 4 is 32.4 Å². The summed E-state index contributed by atoms with van der Waals surface area (Å²) in [4.78, 5) is 0. The Morgan fingerprint density at radius 2 is 1.74 bits per heavy atom. The van der Waals surface area contributed by atoms with Crippen molar-refractivity contribution in [1.82, 2.24) is 4.57 Å². The van der Waals surface area contributed by atoms with Crippen molar-refractivity contribution in [1.29, 1.82) is 0 Å². The predicted octanol–water partition coefficient (Wildman–Crippen LogP) is 7.95. The van der Waals surface area contributed by atoms with Crippen molar-refractivity contribution in [2.45, 2.75) is 45.3 Å². The van der Waals surface area contributed by atoms with Gasteiger partial charge in [0.15, 0.2) is 0 Å². The summed E-state index contributed by atoms with van der Waals surface area (Å²) in [5.41, 5.74) is 5.09. The first-order valence-electron chi connectivity index (χ1n) is 10.9. The molecule has 0 aromatic heterocycles. The average molecular weight is 513 g/mol. The summed E-state index contributed by atoms with van der Waals surface area (Å²) in [6, 6.07) is 9.14. The topological polar surface area (TPSA) is 31.4 Å². The fourth-order valence-electron chi connectivity index (χ4n) is 5.74. The van der Waals surface area contributed by atoms with E-state index >= 15 is 0 Å². The molecule has 0 N–H and O–H groups in total. The monoisotopic (exact) mass is 512 g/mol. The molecule has 1 aromatic rings. The number of nitrogens with zero attached hydrogens (tertiary/aromatic N) is 3. The van der Waals surface area contributed by atoms with E-state index in [9.17, 15) is 0 Å². The Hall–Kier alpha value is 0.0912. The summed E-state index contributed by atoms with van der Waals surface area (Å²) in [7, 11) is 8.14. The van der Waals surface area contributed by atoms with E-state index in [1.807, 2.05) is 0 Å². The predicted molar refractivity (Wildman–Crippen MR) is 136 cm³/mol. The van der Waals surface area contributed by atoms with Crippen LogP contribution in [0.25, 0.3) is 16.2 Å². The first-order chi connectivity index (χ1) is 14.4. The molecule has 7 heteroatoms. The molecule has 4 unspecified atom stereocenters. The van der Waals surface area contributed by atoms with E-state index in [0.717, 1.165) is 24.8 Å². The Kier molecular flexibility index (Phi) is 11.0. The fraction of sp³-hybridized carbons (Fsp3) is 0.542. The quantitative estimate of drug-likeness (QED) is 0.297. The Bertz CT molecular complexity index is 748. The Morgan fingerprint density at radius 1 is 1.13 bits per heavy atom. The van der Waals surface area contributed by atoms with Crippen molar-refractivity contribution in [3.05, 3.63) is 71.7 Å². The summed E-state index contributed by atoms with van der Waals surface area (Å²) in [5, 5.41) is 9.17. The maximum atomic E-state index is 4.89. The summed E-state index contributed by atoms with van der Waals surface area (Å²) >= 11 is -0.556. The van der Waals surface area contributed by atoms with Crippen LogP contribution in [0, 0.1) is 32.1 Å². The van der Waals surface area contributed by atoms with E-state index < -0.39 is 25.3 Å².